The maximum absolute atomic E-state index is 12.3. The molecule has 0 saturated carbocycles. The zero-order valence-corrected chi connectivity index (χ0v) is 11.2. The number of amides is 1. The summed E-state index contributed by atoms with van der Waals surface area (Å²) in [5.41, 5.74) is 0.925. The molecule has 1 fully saturated rings. The van der Waals surface area contributed by atoms with Crippen LogP contribution in [0.3, 0.4) is 0 Å². The maximum Gasteiger partial charge on any atom is 0.223 e. The van der Waals surface area contributed by atoms with Crippen LogP contribution in [0.1, 0.15) is 51.3 Å². The van der Waals surface area contributed by atoms with E-state index in [4.69, 9.17) is 0 Å². The largest absolute Gasteiger partial charge is 0.334 e. The molecule has 0 spiro atoms. The molecule has 0 unspecified atom stereocenters. The van der Waals surface area contributed by atoms with Gasteiger partial charge in [0, 0.05) is 25.4 Å². The van der Waals surface area contributed by atoms with E-state index in [0.29, 0.717) is 12.3 Å². The van der Waals surface area contributed by atoms with Crippen LogP contribution in [-0.4, -0.2) is 27.3 Å². The predicted octanol–water partition coefficient (Wildman–Crippen LogP) is 2.58. The molecule has 1 aliphatic rings. The third-order valence-electron chi connectivity index (χ3n) is 3.33. The second-order valence-electron chi connectivity index (χ2n) is 5.33. The van der Waals surface area contributed by atoms with Crippen LogP contribution >= 0.6 is 0 Å². The van der Waals surface area contributed by atoms with Crippen molar-refractivity contribution >= 4 is 5.91 Å². The number of carbonyl (C=O) groups is 1. The molecule has 0 aliphatic carbocycles. The Hall–Kier alpha value is -1.45. The van der Waals surface area contributed by atoms with E-state index in [1.54, 1.807) is 18.6 Å². The average molecular weight is 247 g/mol. The highest BCUT2D eigenvalue weighted by molar-refractivity contribution is 5.77. The van der Waals surface area contributed by atoms with Crippen LogP contribution < -0.4 is 0 Å². The Bertz CT molecular complexity index is 391. The van der Waals surface area contributed by atoms with Gasteiger partial charge in [0.1, 0.15) is 0 Å². The van der Waals surface area contributed by atoms with Gasteiger partial charge in [0.15, 0.2) is 0 Å². The normalized spacial score (nSPS) is 20.2. The van der Waals surface area contributed by atoms with Gasteiger partial charge in [0.05, 0.1) is 17.9 Å². The SMILES string of the molecule is CC(C)CC(=O)N1CCCC[C@H]1c1cnccn1. The first-order valence-corrected chi connectivity index (χ1v) is 6.74. The highest BCUT2D eigenvalue weighted by Crippen LogP contribution is 2.30. The number of hydrogen-bond acceptors (Lipinski definition) is 3. The van der Waals surface area contributed by atoms with Crippen molar-refractivity contribution in [3.63, 3.8) is 0 Å². The predicted molar refractivity (Wildman–Crippen MR) is 69.8 cm³/mol. The van der Waals surface area contributed by atoms with Crippen LogP contribution in [0.2, 0.25) is 0 Å². The summed E-state index contributed by atoms with van der Waals surface area (Å²) in [5.74, 6) is 0.655. The molecule has 18 heavy (non-hydrogen) atoms. The van der Waals surface area contributed by atoms with Gasteiger partial charge in [-0.15, -0.1) is 0 Å². The molecular formula is C14H21N3O. The van der Waals surface area contributed by atoms with Crippen LogP contribution in [-0.2, 0) is 4.79 Å². The molecule has 2 rings (SSSR count). The number of hydrogen-bond donors (Lipinski definition) is 0. The van der Waals surface area contributed by atoms with Gasteiger partial charge < -0.3 is 4.90 Å². The first kappa shape index (κ1) is 13.0. The Morgan fingerprint density at radius 2 is 2.28 bits per heavy atom. The van der Waals surface area contributed by atoms with E-state index in [2.05, 4.69) is 23.8 Å². The minimum absolute atomic E-state index is 0.124. The van der Waals surface area contributed by atoms with Gasteiger partial charge in [-0.25, -0.2) is 0 Å². The van der Waals surface area contributed by atoms with Gasteiger partial charge in [-0.05, 0) is 25.2 Å². The zero-order chi connectivity index (χ0) is 13.0. The zero-order valence-electron chi connectivity index (χ0n) is 11.2. The summed E-state index contributed by atoms with van der Waals surface area (Å²) in [6.07, 6.45) is 9.04. The van der Waals surface area contributed by atoms with E-state index in [9.17, 15) is 4.79 Å². The Labute approximate surface area is 108 Å². The maximum atomic E-state index is 12.3. The van der Waals surface area contributed by atoms with Crippen LogP contribution in [0.25, 0.3) is 0 Å². The molecule has 0 bridgehead atoms. The van der Waals surface area contributed by atoms with Crippen molar-refractivity contribution in [2.45, 2.75) is 45.6 Å². The Morgan fingerprint density at radius 1 is 1.44 bits per heavy atom. The fourth-order valence-corrected chi connectivity index (χ4v) is 2.49. The van der Waals surface area contributed by atoms with Gasteiger partial charge in [0.25, 0.3) is 0 Å². The molecule has 4 heteroatoms. The molecule has 1 aromatic rings. The summed E-state index contributed by atoms with van der Waals surface area (Å²) in [5, 5.41) is 0. The number of piperidine rings is 1. The molecule has 98 valence electrons. The van der Waals surface area contributed by atoms with E-state index in [1.165, 1.54) is 0 Å². The van der Waals surface area contributed by atoms with E-state index >= 15 is 0 Å². The fourth-order valence-electron chi connectivity index (χ4n) is 2.49. The molecule has 4 nitrogen and oxygen atoms in total. The molecule has 0 N–H and O–H groups in total. The van der Waals surface area contributed by atoms with Crippen molar-refractivity contribution in [2.75, 3.05) is 6.54 Å². The lowest BCUT2D eigenvalue weighted by Gasteiger charge is -2.35. The van der Waals surface area contributed by atoms with Crippen LogP contribution in [0, 0.1) is 5.92 Å². The van der Waals surface area contributed by atoms with Gasteiger partial charge in [-0.1, -0.05) is 13.8 Å². The molecule has 1 saturated heterocycles. The van der Waals surface area contributed by atoms with E-state index in [1.807, 2.05) is 4.90 Å². The Kier molecular flexibility index (Phi) is 4.28. The van der Waals surface area contributed by atoms with Crippen molar-refractivity contribution < 1.29 is 4.79 Å². The van der Waals surface area contributed by atoms with Gasteiger partial charge in [-0.3, -0.25) is 14.8 Å². The van der Waals surface area contributed by atoms with E-state index in [-0.39, 0.29) is 11.9 Å². The number of rotatable bonds is 3. The molecule has 1 aliphatic heterocycles. The highest BCUT2D eigenvalue weighted by Gasteiger charge is 2.28. The lowest BCUT2D eigenvalue weighted by atomic mass is 9.98. The lowest BCUT2D eigenvalue weighted by molar-refractivity contribution is -0.136. The number of likely N-dealkylation sites (tertiary alicyclic amines) is 1. The Morgan fingerprint density at radius 3 is 2.94 bits per heavy atom. The monoisotopic (exact) mass is 247 g/mol. The first-order valence-electron chi connectivity index (χ1n) is 6.74. The molecular weight excluding hydrogens is 226 g/mol. The van der Waals surface area contributed by atoms with Crippen LogP contribution in [0.4, 0.5) is 0 Å². The summed E-state index contributed by atoms with van der Waals surface area (Å²) < 4.78 is 0. The molecule has 1 atom stereocenters. The summed E-state index contributed by atoms with van der Waals surface area (Å²) in [7, 11) is 0. The molecule has 1 amide bonds. The van der Waals surface area contributed by atoms with E-state index in [0.717, 1.165) is 31.5 Å². The van der Waals surface area contributed by atoms with Crippen LogP contribution in [0.5, 0.6) is 0 Å². The van der Waals surface area contributed by atoms with Crippen molar-refractivity contribution in [1.82, 2.24) is 14.9 Å². The molecule has 1 aromatic heterocycles. The molecule has 0 aromatic carbocycles. The average Bonchev–Trinajstić information content (AvgIpc) is 2.39. The summed E-state index contributed by atoms with van der Waals surface area (Å²) in [4.78, 5) is 22.7. The molecule has 2 heterocycles. The number of nitrogens with zero attached hydrogens (tertiary/aromatic N) is 3. The van der Waals surface area contributed by atoms with Crippen molar-refractivity contribution in [3.8, 4) is 0 Å². The molecule has 0 radical (unpaired) electrons. The summed E-state index contributed by atoms with van der Waals surface area (Å²) in [6, 6.07) is 0.124. The number of aromatic nitrogens is 2. The van der Waals surface area contributed by atoms with Crippen molar-refractivity contribution in [2.24, 2.45) is 5.92 Å². The van der Waals surface area contributed by atoms with Crippen molar-refractivity contribution in [3.05, 3.63) is 24.3 Å². The van der Waals surface area contributed by atoms with Gasteiger partial charge in [-0.2, -0.15) is 0 Å². The lowest BCUT2D eigenvalue weighted by Crippen LogP contribution is -2.39. The third kappa shape index (κ3) is 3.06. The second-order valence-corrected chi connectivity index (χ2v) is 5.33. The summed E-state index contributed by atoms with van der Waals surface area (Å²) in [6.45, 7) is 5.02. The van der Waals surface area contributed by atoms with Crippen molar-refractivity contribution in [1.29, 1.82) is 0 Å². The third-order valence-corrected chi connectivity index (χ3v) is 3.33. The minimum atomic E-state index is 0.124. The van der Waals surface area contributed by atoms with E-state index < -0.39 is 0 Å². The second kappa shape index (κ2) is 5.94. The quantitative estimate of drug-likeness (QED) is 0.824. The summed E-state index contributed by atoms with van der Waals surface area (Å²) >= 11 is 0. The van der Waals surface area contributed by atoms with Gasteiger partial charge in [0.2, 0.25) is 5.91 Å². The Balaban J connectivity index is 2.13. The fraction of sp³-hybridized carbons (Fsp3) is 0.643. The first-order chi connectivity index (χ1) is 8.68. The number of carbonyl (C=O) groups excluding carboxylic acids is 1. The topological polar surface area (TPSA) is 46.1 Å². The minimum Gasteiger partial charge on any atom is -0.334 e. The highest BCUT2D eigenvalue weighted by atomic mass is 16.2. The standard InChI is InChI=1S/C14H21N3O/c1-11(2)9-14(18)17-8-4-3-5-13(17)12-10-15-6-7-16-12/h6-7,10-11,13H,3-5,8-9H2,1-2H3/t13-/m0/s1. The van der Waals surface area contributed by atoms with Gasteiger partial charge >= 0.3 is 0 Å². The van der Waals surface area contributed by atoms with Crippen LogP contribution in [0.15, 0.2) is 18.6 Å². The smallest absolute Gasteiger partial charge is 0.223 e.